The molecule has 0 amide bonds. The fourth-order valence-electron chi connectivity index (χ4n) is 5.47. The maximum atomic E-state index is 7.06. The predicted octanol–water partition coefficient (Wildman–Crippen LogP) is 14.2. The second-order valence-corrected chi connectivity index (χ2v) is 19.0. The van der Waals surface area contributed by atoms with Crippen molar-refractivity contribution in [2.45, 2.75) is 41.5 Å². The van der Waals surface area contributed by atoms with E-state index >= 15 is 0 Å². The monoisotopic (exact) mass is 777 g/mol. The van der Waals surface area contributed by atoms with Crippen LogP contribution in [0.2, 0.25) is 0 Å². The van der Waals surface area contributed by atoms with Gasteiger partial charge in [0.1, 0.15) is 34.5 Å². The highest BCUT2D eigenvalue weighted by atomic mass is 31.3. The van der Waals surface area contributed by atoms with Gasteiger partial charge in [-0.2, -0.15) is 0 Å². The van der Waals surface area contributed by atoms with Crippen molar-refractivity contribution < 1.29 is 27.1 Å². The highest BCUT2D eigenvalue weighted by Gasteiger charge is 2.49. The molecule has 12 heteroatoms. The standard InChI is InChI=1S/C42H42N3O6P3/c1-31-19-16-28-40(34(31)4)49-52(46-37-22-10-7-11-23-37)43-53(47-38-24-12-8-13-25-38,50-41-29-17-20-32(2)35(41)5)45-54(44-52,48-39-26-14-9-15-27-39)51-42-30-18-21-33(3)36(42)6/h7-30H,1-6H3. The summed E-state index contributed by atoms with van der Waals surface area (Å²) in [6.45, 7) is 12.0. The lowest BCUT2D eigenvalue weighted by Gasteiger charge is -2.33. The largest absolute Gasteiger partial charge is 0.460 e. The smallest absolute Gasteiger partial charge is 0.413 e. The van der Waals surface area contributed by atoms with Crippen LogP contribution in [0, 0.1) is 41.5 Å². The number of nitrogens with zero attached hydrogens (tertiary/aromatic N) is 3. The van der Waals surface area contributed by atoms with Crippen molar-refractivity contribution in [2.75, 3.05) is 0 Å². The summed E-state index contributed by atoms with van der Waals surface area (Å²) in [4.78, 5) is 0. The molecular formula is C42H42N3O6P3. The summed E-state index contributed by atoms with van der Waals surface area (Å²) in [6.07, 6.45) is 0. The van der Waals surface area contributed by atoms with Crippen LogP contribution >= 0.6 is 23.0 Å². The van der Waals surface area contributed by atoms with Crippen molar-refractivity contribution in [1.29, 1.82) is 0 Å². The Bertz CT molecular complexity index is 2170. The number of rotatable bonds is 12. The Labute approximate surface area is 317 Å². The summed E-state index contributed by atoms with van der Waals surface area (Å²) >= 11 is 0. The molecule has 0 spiro atoms. The second kappa shape index (κ2) is 15.7. The number of hydrogen-bond acceptors (Lipinski definition) is 9. The maximum Gasteiger partial charge on any atom is 0.460 e. The Hall–Kier alpha value is -5.19. The summed E-state index contributed by atoms with van der Waals surface area (Å²) in [5.41, 5.74) is 5.75. The van der Waals surface area contributed by atoms with E-state index in [1.165, 1.54) is 0 Å². The third kappa shape index (κ3) is 8.30. The third-order valence-electron chi connectivity index (χ3n) is 8.90. The average Bonchev–Trinajstić information content (AvgIpc) is 3.15. The van der Waals surface area contributed by atoms with Crippen LogP contribution in [0.15, 0.2) is 159 Å². The fraction of sp³-hybridized carbons (Fsp3) is 0.143. The van der Waals surface area contributed by atoms with Crippen molar-refractivity contribution in [3.05, 3.63) is 179 Å². The summed E-state index contributed by atoms with van der Waals surface area (Å²) in [6, 6.07) is 45.5. The molecule has 0 aliphatic carbocycles. The number of para-hydroxylation sites is 3. The Balaban J connectivity index is 1.61. The molecule has 0 atom stereocenters. The van der Waals surface area contributed by atoms with Gasteiger partial charge in [0.15, 0.2) is 0 Å². The van der Waals surface area contributed by atoms with E-state index in [1.807, 2.05) is 187 Å². The van der Waals surface area contributed by atoms with E-state index in [-0.39, 0.29) is 0 Å². The molecule has 7 rings (SSSR count). The van der Waals surface area contributed by atoms with Crippen molar-refractivity contribution in [2.24, 2.45) is 13.5 Å². The predicted molar refractivity (Wildman–Crippen MR) is 219 cm³/mol. The highest BCUT2D eigenvalue weighted by Crippen LogP contribution is 2.79. The lowest BCUT2D eigenvalue weighted by atomic mass is 10.1. The van der Waals surface area contributed by atoms with Gasteiger partial charge in [-0.1, -0.05) is 105 Å². The van der Waals surface area contributed by atoms with Gasteiger partial charge < -0.3 is 27.1 Å². The minimum atomic E-state index is -3.97. The van der Waals surface area contributed by atoms with Crippen molar-refractivity contribution in [1.82, 2.24) is 0 Å². The van der Waals surface area contributed by atoms with Crippen LogP contribution in [0.4, 0.5) is 0 Å². The molecule has 276 valence electrons. The molecule has 9 nitrogen and oxygen atoms in total. The van der Waals surface area contributed by atoms with Crippen molar-refractivity contribution in [3.8, 4) is 34.5 Å². The molecular weight excluding hydrogens is 735 g/mol. The number of hydrogen-bond donors (Lipinski definition) is 0. The Kier molecular flexibility index (Phi) is 10.8. The van der Waals surface area contributed by atoms with Gasteiger partial charge in [-0.05, 0) is 130 Å². The van der Waals surface area contributed by atoms with Crippen molar-refractivity contribution in [3.63, 3.8) is 0 Å². The van der Waals surface area contributed by atoms with Gasteiger partial charge in [0.2, 0.25) is 0 Å². The average molecular weight is 778 g/mol. The number of aryl methyl sites for hydroxylation is 3. The van der Waals surface area contributed by atoms with E-state index < -0.39 is 23.0 Å². The zero-order valence-electron chi connectivity index (χ0n) is 31.0. The summed E-state index contributed by atoms with van der Waals surface area (Å²) in [7, 11) is -11.9. The SMILES string of the molecule is Cc1cccc(OP2(Oc3ccccc3)=NP(Oc3ccccc3)(Oc3cccc(C)c3C)=NP(Oc3ccccc3)(Oc3cccc(C)c3C)=N2)c1C. The first-order valence-corrected chi connectivity index (χ1v) is 22.1. The maximum absolute atomic E-state index is 7.06. The summed E-state index contributed by atoms with van der Waals surface area (Å²) in [5.74, 6) is 3.01. The van der Waals surface area contributed by atoms with Crippen LogP contribution < -0.4 is 27.1 Å². The first-order chi connectivity index (χ1) is 26.1. The molecule has 1 aliphatic heterocycles. The van der Waals surface area contributed by atoms with Crippen LogP contribution in [0.25, 0.3) is 0 Å². The first-order valence-electron chi connectivity index (χ1n) is 17.5. The summed E-state index contributed by atoms with van der Waals surface area (Å²) < 4.78 is 58.1. The molecule has 1 heterocycles. The molecule has 0 saturated heterocycles. The third-order valence-corrected chi connectivity index (χ3v) is 17.0. The number of benzene rings is 6. The van der Waals surface area contributed by atoms with Gasteiger partial charge in [-0.3, -0.25) is 0 Å². The normalized spacial score (nSPS) is 20.3. The zero-order chi connectivity index (χ0) is 37.8. The highest BCUT2D eigenvalue weighted by molar-refractivity contribution is 7.79. The van der Waals surface area contributed by atoms with E-state index in [0.29, 0.717) is 34.5 Å². The zero-order valence-corrected chi connectivity index (χ0v) is 33.7. The molecule has 0 aromatic heterocycles. The molecule has 0 unspecified atom stereocenters. The van der Waals surface area contributed by atoms with E-state index in [1.54, 1.807) is 0 Å². The Morgan fingerprint density at radius 1 is 0.296 bits per heavy atom. The molecule has 0 N–H and O–H groups in total. The molecule has 6 aromatic carbocycles. The molecule has 1 aliphatic rings. The molecule has 0 bridgehead atoms. The lowest BCUT2D eigenvalue weighted by Crippen LogP contribution is -2.12. The van der Waals surface area contributed by atoms with E-state index in [2.05, 4.69) is 0 Å². The Morgan fingerprint density at radius 2 is 0.556 bits per heavy atom. The molecule has 0 fully saturated rings. The van der Waals surface area contributed by atoms with Gasteiger partial charge >= 0.3 is 23.0 Å². The van der Waals surface area contributed by atoms with Crippen LogP contribution in [0.1, 0.15) is 33.4 Å². The van der Waals surface area contributed by atoms with E-state index in [9.17, 15) is 0 Å². The van der Waals surface area contributed by atoms with E-state index in [0.717, 1.165) is 33.4 Å². The van der Waals surface area contributed by atoms with Gasteiger partial charge in [-0.15, -0.1) is 0 Å². The van der Waals surface area contributed by atoms with Crippen LogP contribution in [-0.2, 0) is 0 Å². The van der Waals surface area contributed by atoms with Crippen LogP contribution in [0.3, 0.4) is 0 Å². The van der Waals surface area contributed by atoms with Crippen LogP contribution in [-0.4, -0.2) is 0 Å². The summed E-state index contributed by atoms with van der Waals surface area (Å²) in [5, 5.41) is 0. The Morgan fingerprint density at radius 3 is 0.815 bits per heavy atom. The molecule has 0 saturated carbocycles. The first kappa shape index (κ1) is 37.1. The topological polar surface area (TPSA) is 92.5 Å². The lowest BCUT2D eigenvalue weighted by molar-refractivity contribution is 0.441. The van der Waals surface area contributed by atoms with Gasteiger partial charge in [0.25, 0.3) is 0 Å². The molecule has 0 radical (unpaired) electrons. The minimum absolute atomic E-state index is 0.472. The van der Waals surface area contributed by atoms with Gasteiger partial charge in [-0.25, -0.2) is 0 Å². The van der Waals surface area contributed by atoms with E-state index in [4.69, 9.17) is 40.7 Å². The molecule has 6 aromatic rings. The van der Waals surface area contributed by atoms with Crippen molar-refractivity contribution >= 4 is 23.0 Å². The molecule has 54 heavy (non-hydrogen) atoms. The quantitative estimate of drug-likeness (QED) is 0.115. The fourth-order valence-corrected chi connectivity index (χ4v) is 14.7. The van der Waals surface area contributed by atoms with Gasteiger partial charge in [0.05, 0.1) is 0 Å². The second-order valence-electron chi connectivity index (χ2n) is 12.8. The van der Waals surface area contributed by atoms with Crippen LogP contribution in [0.5, 0.6) is 34.5 Å². The van der Waals surface area contributed by atoms with Gasteiger partial charge in [0, 0.05) is 0 Å². The minimum Gasteiger partial charge on any atom is -0.413 e.